The molecular formula is C24H20FN5O3S. The number of thiazole rings is 1. The SMILES string of the molecule is CC(Nc1ccc(C(=O)Nc2ncc(Cc3ccccc3F)s2)cc1[N+](=O)[O-])c1ccccn1. The van der Waals surface area contributed by atoms with E-state index in [0.29, 0.717) is 17.1 Å². The maximum Gasteiger partial charge on any atom is 0.293 e. The van der Waals surface area contributed by atoms with Gasteiger partial charge in [-0.1, -0.05) is 24.3 Å². The van der Waals surface area contributed by atoms with Gasteiger partial charge in [0, 0.05) is 35.3 Å². The number of hydrogen-bond donors (Lipinski definition) is 2. The number of anilines is 2. The van der Waals surface area contributed by atoms with Crippen LogP contribution in [-0.4, -0.2) is 20.8 Å². The molecule has 0 bridgehead atoms. The van der Waals surface area contributed by atoms with Crippen LogP contribution >= 0.6 is 11.3 Å². The van der Waals surface area contributed by atoms with Gasteiger partial charge >= 0.3 is 0 Å². The lowest BCUT2D eigenvalue weighted by molar-refractivity contribution is -0.384. The van der Waals surface area contributed by atoms with Gasteiger partial charge in [0.15, 0.2) is 5.13 Å². The van der Waals surface area contributed by atoms with E-state index >= 15 is 0 Å². The average Bonchev–Trinajstić information content (AvgIpc) is 3.27. The number of pyridine rings is 1. The van der Waals surface area contributed by atoms with Gasteiger partial charge in [-0.05, 0) is 42.8 Å². The Morgan fingerprint density at radius 3 is 2.68 bits per heavy atom. The van der Waals surface area contributed by atoms with Gasteiger partial charge in [0.1, 0.15) is 11.5 Å². The molecule has 10 heteroatoms. The number of nitro groups is 1. The number of carbonyl (C=O) groups is 1. The highest BCUT2D eigenvalue weighted by Crippen LogP contribution is 2.30. The predicted octanol–water partition coefficient (Wildman–Crippen LogP) is 5.60. The van der Waals surface area contributed by atoms with Crippen molar-refractivity contribution in [1.29, 1.82) is 0 Å². The molecule has 0 saturated heterocycles. The van der Waals surface area contributed by atoms with Crippen LogP contribution in [0.5, 0.6) is 0 Å². The molecule has 0 radical (unpaired) electrons. The van der Waals surface area contributed by atoms with Crippen molar-refractivity contribution in [3.63, 3.8) is 0 Å². The van der Waals surface area contributed by atoms with Crippen molar-refractivity contribution in [2.75, 3.05) is 10.6 Å². The molecule has 1 unspecified atom stereocenters. The van der Waals surface area contributed by atoms with Crippen molar-refractivity contribution >= 4 is 33.8 Å². The summed E-state index contributed by atoms with van der Waals surface area (Å²) in [6.07, 6.45) is 3.57. The molecule has 8 nitrogen and oxygen atoms in total. The quantitative estimate of drug-likeness (QED) is 0.252. The van der Waals surface area contributed by atoms with Gasteiger partial charge in [-0.25, -0.2) is 9.37 Å². The molecule has 4 aromatic rings. The molecule has 0 aliphatic rings. The predicted molar refractivity (Wildman–Crippen MR) is 129 cm³/mol. The van der Waals surface area contributed by atoms with Gasteiger partial charge in [0.25, 0.3) is 11.6 Å². The summed E-state index contributed by atoms with van der Waals surface area (Å²) in [5.74, 6) is -0.834. The van der Waals surface area contributed by atoms with Crippen LogP contribution in [0.4, 0.5) is 20.9 Å². The van der Waals surface area contributed by atoms with Crippen molar-refractivity contribution in [2.24, 2.45) is 0 Å². The first-order chi connectivity index (χ1) is 16.4. The molecule has 1 amide bonds. The standard InChI is InChI=1S/C24H20FN5O3S/c1-15(20-8-4-5-11-26-20)28-21-10-9-17(13-22(21)30(32)33)23(31)29-24-27-14-18(34-24)12-16-6-2-3-7-19(16)25/h2-11,13-15,28H,12H2,1H3,(H,27,29,31). The second-order valence-electron chi connectivity index (χ2n) is 7.46. The summed E-state index contributed by atoms with van der Waals surface area (Å²) in [7, 11) is 0. The molecule has 172 valence electrons. The maximum atomic E-state index is 13.9. The largest absolute Gasteiger partial charge is 0.371 e. The summed E-state index contributed by atoms with van der Waals surface area (Å²) in [6.45, 7) is 1.84. The first-order valence-corrected chi connectivity index (χ1v) is 11.2. The fraction of sp³-hybridized carbons (Fsp3) is 0.125. The van der Waals surface area contributed by atoms with E-state index in [1.165, 1.54) is 35.6 Å². The molecule has 34 heavy (non-hydrogen) atoms. The minimum atomic E-state index is -0.542. The smallest absolute Gasteiger partial charge is 0.293 e. The van der Waals surface area contributed by atoms with E-state index in [9.17, 15) is 19.3 Å². The van der Waals surface area contributed by atoms with Gasteiger partial charge in [0.2, 0.25) is 0 Å². The molecule has 2 aromatic carbocycles. The fourth-order valence-corrected chi connectivity index (χ4v) is 4.16. The van der Waals surface area contributed by atoms with Crippen LogP contribution in [0, 0.1) is 15.9 Å². The first kappa shape index (κ1) is 23.0. The normalized spacial score (nSPS) is 11.6. The van der Waals surface area contributed by atoms with E-state index in [-0.39, 0.29) is 28.8 Å². The first-order valence-electron chi connectivity index (χ1n) is 10.4. The Bertz CT molecular complexity index is 1330. The summed E-state index contributed by atoms with van der Waals surface area (Å²) >= 11 is 1.22. The summed E-state index contributed by atoms with van der Waals surface area (Å²) in [4.78, 5) is 33.0. The number of benzene rings is 2. The number of nitro benzene ring substituents is 1. The minimum Gasteiger partial charge on any atom is -0.371 e. The third-order valence-electron chi connectivity index (χ3n) is 5.06. The van der Waals surface area contributed by atoms with Gasteiger partial charge in [0.05, 0.1) is 16.7 Å². The Kier molecular flexibility index (Phi) is 6.88. The molecule has 0 saturated carbocycles. The van der Waals surface area contributed by atoms with E-state index in [4.69, 9.17) is 0 Å². The highest BCUT2D eigenvalue weighted by molar-refractivity contribution is 7.15. The van der Waals surface area contributed by atoms with Crippen LogP contribution in [-0.2, 0) is 6.42 Å². The number of nitrogens with one attached hydrogen (secondary N) is 2. The third kappa shape index (κ3) is 5.41. The molecule has 2 N–H and O–H groups in total. The van der Waals surface area contributed by atoms with E-state index in [1.54, 1.807) is 36.7 Å². The Labute approximate surface area is 198 Å². The van der Waals surface area contributed by atoms with Crippen molar-refractivity contribution in [3.8, 4) is 0 Å². The minimum absolute atomic E-state index is 0.119. The number of hydrogen-bond acceptors (Lipinski definition) is 7. The number of halogens is 1. The number of nitrogens with zero attached hydrogens (tertiary/aromatic N) is 3. The lowest BCUT2D eigenvalue weighted by atomic mass is 10.1. The van der Waals surface area contributed by atoms with Crippen LogP contribution in [0.1, 0.15) is 39.5 Å². The number of amides is 1. The van der Waals surface area contributed by atoms with Gasteiger partial charge < -0.3 is 5.32 Å². The van der Waals surface area contributed by atoms with Crippen LogP contribution in [0.15, 0.2) is 73.1 Å². The lowest BCUT2D eigenvalue weighted by Crippen LogP contribution is -2.13. The summed E-state index contributed by atoms with van der Waals surface area (Å²) in [6, 6.07) is 15.8. The third-order valence-corrected chi connectivity index (χ3v) is 5.97. The van der Waals surface area contributed by atoms with E-state index in [0.717, 1.165) is 10.6 Å². The number of aromatic nitrogens is 2. The Balaban J connectivity index is 1.47. The van der Waals surface area contributed by atoms with E-state index < -0.39 is 10.8 Å². The van der Waals surface area contributed by atoms with Crippen LogP contribution in [0.2, 0.25) is 0 Å². The fourth-order valence-electron chi connectivity index (χ4n) is 3.33. The van der Waals surface area contributed by atoms with Crippen molar-refractivity contribution in [1.82, 2.24) is 9.97 Å². The molecule has 0 aliphatic carbocycles. The van der Waals surface area contributed by atoms with E-state index in [1.807, 2.05) is 19.1 Å². The zero-order valence-electron chi connectivity index (χ0n) is 18.1. The number of carbonyl (C=O) groups excluding carboxylic acids is 1. The molecule has 0 fully saturated rings. The molecular weight excluding hydrogens is 457 g/mol. The summed E-state index contributed by atoms with van der Waals surface area (Å²) in [5.41, 5.74) is 1.43. The lowest BCUT2D eigenvalue weighted by Gasteiger charge is -2.15. The van der Waals surface area contributed by atoms with E-state index in [2.05, 4.69) is 20.6 Å². The summed E-state index contributed by atoms with van der Waals surface area (Å²) < 4.78 is 13.9. The summed E-state index contributed by atoms with van der Waals surface area (Å²) in [5, 5.41) is 17.7. The molecule has 0 spiro atoms. The highest BCUT2D eigenvalue weighted by Gasteiger charge is 2.20. The molecule has 2 heterocycles. The van der Waals surface area contributed by atoms with Gasteiger partial charge in [-0.3, -0.25) is 25.2 Å². The van der Waals surface area contributed by atoms with Crippen molar-refractivity contribution in [3.05, 3.63) is 111 Å². The number of rotatable bonds is 8. The van der Waals surface area contributed by atoms with Crippen LogP contribution in [0.3, 0.4) is 0 Å². The second kappa shape index (κ2) is 10.2. The highest BCUT2D eigenvalue weighted by atomic mass is 32.1. The molecule has 4 rings (SSSR count). The second-order valence-corrected chi connectivity index (χ2v) is 8.58. The Hall–Kier alpha value is -4.18. The van der Waals surface area contributed by atoms with Crippen LogP contribution < -0.4 is 10.6 Å². The molecule has 1 atom stereocenters. The zero-order chi connectivity index (χ0) is 24.1. The Morgan fingerprint density at radius 1 is 1.15 bits per heavy atom. The topological polar surface area (TPSA) is 110 Å². The van der Waals surface area contributed by atoms with Crippen molar-refractivity contribution in [2.45, 2.75) is 19.4 Å². The monoisotopic (exact) mass is 477 g/mol. The molecule has 2 aromatic heterocycles. The van der Waals surface area contributed by atoms with Crippen LogP contribution in [0.25, 0.3) is 0 Å². The van der Waals surface area contributed by atoms with Gasteiger partial charge in [-0.15, -0.1) is 11.3 Å². The zero-order valence-corrected chi connectivity index (χ0v) is 18.9. The molecule has 0 aliphatic heterocycles. The Morgan fingerprint density at radius 2 is 1.94 bits per heavy atom. The maximum absolute atomic E-state index is 13.9. The van der Waals surface area contributed by atoms with Gasteiger partial charge in [-0.2, -0.15) is 0 Å². The average molecular weight is 478 g/mol. The van der Waals surface area contributed by atoms with Crippen molar-refractivity contribution < 1.29 is 14.1 Å².